The van der Waals surface area contributed by atoms with Crippen molar-refractivity contribution in [3.05, 3.63) is 30.0 Å². The van der Waals surface area contributed by atoms with Gasteiger partial charge in [0.2, 0.25) is 0 Å². The van der Waals surface area contributed by atoms with E-state index in [2.05, 4.69) is 10.5 Å². The summed E-state index contributed by atoms with van der Waals surface area (Å²) >= 11 is 0. The third-order valence-corrected chi connectivity index (χ3v) is 2.72. The maximum atomic E-state index is 11.8. The van der Waals surface area contributed by atoms with E-state index in [1.165, 1.54) is 6.20 Å². The first-order chi connectivity index (χ1) is 9.76. The van der Waals surface area contributed by atoms with E-state index in [0.717, 1.165) is 11.1 Å². The fourth-order valence-corrected chi connectivity index (χ4v) is 1.83. The number of ether oxygens (including phenoxy) is 1. The molecule has 6 heteroatoms. The van der Waals surface area contributed by atoms with E-state index in [4.69, 9.17) is 15.0 Å². The molecule has 3 N–H and O–H groups in total. The molecule has 0 saturated heterocycles. The van der Waals surface area contributed by atoms with Crippen LogP contribution in [0.5, 0.6) is 0 Å². The zero-order valence-electron chi connectivity index (χ0n) is 12.6. The molecule has 0 aliphatic rings. The Morgan fingerprint density at radius 2 is 2.10 bits per heavy atom. The molecular formula is C15H19N3O3. The molecule has 0 aliphatic carbocycles. The van der Waals surface area contributed by atoms with Gasteiger partial charge in [0, 0.05) is 11.3 Å². The smallest absolute Gasteiger partial charge is 0.412 e. The van der Waals surface area contributed by atoms with Gasteiger partial charge in [0.15, 0.2) is 5.76 Å². The van der Waals surface area contributed by atoms with Crippen molar-refractivity contribution in [1.29, 1.82) is 0 Å². The third-order valence-electron chi connectivity index (χ3n) is 2.72. The van der Waals surface area contributed by atoms with Crippen LogP contribution in [0.3, 0.4) is 0 Å². The van der Waals surface area contributed by atoms with E-state index >= 15 is 0 Å². The number of nitrogen functional groups attached to an aromatic ring is 1. The Balaban J connectivity index is 2.17. The van der Waals surface area contributed by atoms with E-state index in [-0.39, 0.29) is 0 Å². The van der Waals surface area contributed by atoms with Crippen molar-refractivity contribution in [3.8, 4) is 11.3 Å². The zero-order valence-corrected chi connectivity index (χ0v) is 12.6. The minimum atomic E-state index is -0.535. The van der Waals surface area contributed by atoms with E-state index in [9.17, 15) is 4.79 Å². The number of amides is 1. The fourth-order valence-electron chi connectivity index (χ4n) is 1.83. The molecule has 1 heterocycles. The molecule has 0 spiro atoms. The van der Waals surface area contributed by atoms with Crippen LogP contribution in [0.2, 0.25) is 0 Å². The van der Waals surface area contributed by atoms with Gasteiger partial charge < -0.3 is 15.0 Å². The lowest BCUT2D eigenvalue weighted by Crippen LogP contribution is -2.27. The Kier molecular flexibility index (Phi) is 3.88. The molecule has 6 nitrogen and oxygen atoms in total. The molecule has 2 rings (SSSR count). The minimum Gasteiger partial charge on any atom is -0.444 e. The van der Waals surface area contributed by atoms with Gasteiger partial charge in [-0.2, -0.15) is 0 Å². The van der Waals surface area contributed by atoms with E-state index in [1.807, 2.05) is 33.8 Å². The molecule has 0 unspecified atom stereocenters. The summed E-state index contributed by atoms with van der Waals surface area (Å²) in [6, 6.07) is 5.44. The summed E-state index contributed by atoms with van der Waals surface area (Å²) in [4.78, 5) is 11.8. The number of carbonyl (C=O) groups excluding carboxylic acids is 1. The number of carbonyl (C=O) groups is 1. The molecule has 0 bridgehead atoms. The first-order valence-electron chi connectivity index (χ1n) is 6.57. The van der Waals surface area contributed by atoms with Crippen molar-refractivity contribution in [2.24, 2.45) is 0 Å². The molecule has 112 valence electrons. The molecule has 21 heavy (non-hydrogen) atoms. The summed E-state index contributed by atoms with van der Waals surface area (Å²) in [6.07, 6.45) is 0.967. The SMILES string of the molecule is Cc1cc(-c2oncc2N)ccc1NC(=O)OC(C)(C)C. The summed E-state index contributed by atoms with van der Waals surface area (Å²) in [5, 5.41) is 6.36. The number of aryl methyl sites for hydroxylation is 1. The summed E-state index contributed by atoms with van der Waals surface area (Å²) in [5.74, 6) is 0.516. The van der Waals surface area contributed by atoms with Crippen LogP contribution in [0.25, 0.3) is 11.3 Å². The Labute approximate surface area is 123 Å². The number of nitrogens with two attached hydrogens (primary N) is 1. The number of hydrogen-bond donors (Lipinski definition) is 2. The van der Waals surface area contributed by atoms with Crippen molar-refractivity contribution in [1.82, 2.24) is 5.16 Å². The van der Waals surface area contributed by atoms with Crippen LogP contribution in [-0.4, -0.2) is 16.9 Å². The predicted octanol–water partition coefficient (Wildman–Crippen LogP) is 3.58. The highest BCUT2D eigenvalue weighted by atomic mass is 16.6. The summed E-state index contributed by atoms with van der Waals surface area (Å²) in [7, 11) is 0. The molecule has 1 aromatic heterocycles. The molecule has 1 aromatic carbocycles. The molecule has 1 amide bonds. The van der Waals surface area contributed by atoms with Crippen LogP contribution in [0.1, 0.15) is 26.3 Å². The van der Waals surface area contributed by atoms with Crippen LogP contribution in [0.15, 0.2) is 28.9 Å². The van der Waals surface area contributed by atoms with Gasteiger partial charge in [0.05, 0.1) is 6.20 Å². The standard InChI is InChI=1S/C15H19N3O3/c1-9-7-10(13-11(16)8-17-21-13)5-6-12(9)18-14(19)20-15(2,3)4/h5-8H,16H2,1-4H3,(H,18,19). The van der Waals surface area contributed by atoms with Crippen LogP contribution in [0.4, 0.5) is 16.2 Å². The second-order valence-electron chi connectivity index (χ2n) is 5.77. The number of anilines is 2. The fraction of sp³-hybridized carbons (Fsp3) is 0.333. The third kappa shape index (κ3) is 3.75. The van der Waals surface area contributed by atoms with Gasteiger partial charge in [0.1, 0.15) is 11.3 Å². The second-order valence-corrected chi connectivity index (χ2v) is 5.77. The number of aromatic nitrogens is 1. The van der Waals surface area contributed by atoms with Gasteiger partial charge in [-0.15, -0.1) is 0 Å². The average Bonchev–Trinajstić information content (AvgIpc) is 2.76. The van der Waals surface area contributed by atoms with Gasteiger partial charge >= 0.3 is 6.09 Å². The summed E-state index contributed by atoms with van der Waals surface area (Å²) in [5.41, 5.74) is 8.05. The van der Waals surface area contributed by atoms with E-state index < -0.39 is 11.7 Å². The molecular weight excluding hydrogens is 270 g/mol. The monoisotopic (exact) mass is 289 g/mol. The Hall–Kier alpha value is -2.50. The number of hydrogen-bond acceptors (Lipinski definition) is 5. The number of nitrogens with zero attached hydrogens (tertiary/aromatic N) is 1. The average molecular weight is 289 g/mol. The topological polar surface area (TPSA) is 90.4 Å². The van der Waals surface area contributed by atoms with Crippen molar-refractivity contribution < 1.29 is 14.1 Å². The van der Waals surface area contributed by atoms with Crippen LogP contribution >= 0.6 is 0 Å². The van der Waals surface area contributed by atoms with Crippen molar-refractivity contribution >= 4 is 17.5 Å². The predicted molar refractivity (Wildman–Crippen MR) is 80.9 cm³/mol. The second kappa shape index (κ2) is 5.47. The van der Waals surface area contributed by atoms with Crippen LogP contribution in [-0.2, 0) is 4.74 Å². The van der Waals surface area contributed by atoms with Gasteiger partial charge in [-0.25, -0.2) is 4.79 Å². The lowest BCUT2D eigenvalue weighted by molar-refractivity contribution is 0.0636. The molecule has 0 fully saturated rings. The van der Waals surface area contributed by atoms with E-state index in [1.54, 1.807) is 12.1 Å². The number of rotatable bonds is 2. The quantitative estimate of drug-likeness (QED) is 0.881. The lowest BCUT2D eigenvalue weighted by Gasteiger charge is -2.20. The normalized spacial score (nSPS) is 11.2. The molecule has 0 radical (unpaired) electrons. The van der Waals surface area contributed by atoms with Crippen LogP contribution in [0, 0.1) is 6.92 Å². The highest BCUT2D eigenvalue weighted by Crippen LogP contribution is 2.28. The Morgan fingerprint density at radius 1 is 1.38 bits per heavy atom. The highest BCUT2D eigenvalue weighted by Gasteiger charge is 2.17. The Morgan fingerprint density at radius 3 is 2.62 bits per heavy atom. The van der Waals surface area contributed by atoms with Crippen molar-refractivity contribution in [2.45, 2.75) is 33.3 Å². The summed E-state index contributed by atoms with van der Waals surface area (Å²) in [6.45, 7) is 7.32. The highest BCUT2D eigenvalue weighted by molar-refractivity contribution is 5.86. The van der Waals surface area contributed by atoms with Gasteiger partial charge in [-0.1, -0.05) is 5.16 Å². The largest absolute Gasteiger partial charge is 0.444 e. The molecule has 0 aliphatic heterocycles. The van der Waals surface area contributed by atoms with Gasteiger partial charge in [-0.05, 0) is 51.5 Å². The van der Waals surface area contributed by atoms with Gasteiger partial charge in [0.25, 0.3) is 0 Å². The molecule has 0 saturated carbocycles. The van der Waals surface area contributed by atoms with E-state index in [0.29, 0.717) is 17.1 Å². The number of benzene rings is 1. The van der Waals surface area contributed by atoms with Crippen molar-refractivity contribution in [3.63, 3.8) is 0 Å². The van der Waals surface area contributed by atoms with Gasteiger partial charge in [-0.3, -0.25) is 5.32 Å². The zero-order chi connectivity index (χ0) is 15.6. The van der Waals surface area contributed by atoms with Crippen LogP contribution < -0.4 is 11.1 Å². The van der Waals surface area contributed by atoms with Crippen molar-refractivity contribution in [2.75, 3.05) is 11.1 Å². The maximum Gasteiger partial charge on any atom is 0.412 e. The first-order valence-corrected chi connectivity index (χ1v) is 6.57. The molecule has 0 atom stereocenters. The summed E-state index contributed by atoms with van der Waals surface area (Å²) < 4.78 is 10.3. The maximum absolute atomic E-state index is 11.8. The lowest BCUT2D eigenvalue weighted by atomic mass is 10.1. The minimum absolute atomic E-state index is 0.474. The number of nitrogens with one attached hydrogen (secondary N) is 1. The molecule has 2 aromatic rings. The first kappa shape index (κ1) is 14.9. The Bertz CT molecular complexity index is 656.